The molecule has 1 unspecified atom stereocenters. The molecule has 4 heteroatoms. The molecule has 1 N–H and O–H groups in total. The number of carbonyl (C=O) groups is 1. The Morgan fingerprint density at radius 3 is 3.13 bits per heavy atom. The molecule has 0 amide bonds. The normalized spacial score (nSPS) is 19.2. The van der Waals surface area contributed by atoms with Crippen LogP contribution in [0, 0.1) is 0 Å². The fourth-order valence-corrected chi connectivity index (χ4v) is 2.40. The van der Waals surface area contributed by atoms with Gasteiger partial charge in [0.15, 0.2) is 5.78 Å². The highest BCUT2D eigenvalue weighted by atomic mass is 79.9. The number of anilines is 1. The van der Waals surface area contributed by atoms with Crippen LogP contribution in [0.25, 0.3) is 0 Å². The maximum Gasteiger partial charge on any atom is 0.169 e. The van der Waals surface area contributed by atoms with Crippen LogP contribution >= 0.6 is 27.5 Å². The molecule has 1 aromatic carbocycles. The van der Waals surface area contributed by atoms with Crippen LogP contribution in [-0.4, -0.2) is 17.7 Å². The molecule has 0 aromatic heterocycles. The number of ketones is 1. The largest absolute Gasteiger partial charge is 0.375 e. The van der Waals surface area contributed by atoms with Crippen molar-refractivity contribution < 1.29 is 4.79 Å². The zero-order valence-electron chi connectivity index (χ0n) is 8.09. The Balaban J connectivity index is 2.20. The van der Waals surface area contributed by atoms with Crippen LogP contribution in [0.2, 0.25) is 0 Å². The third-order valence-corrected chi connectivity index (χ3v) is 3.38. The first-order valence-corrected chi connectivity index (χ1v) is 6.17. The van der Waals surface area contributed by atoms with E-state index < -0.39 is 0 Å². The molecule has 1 aromatic rings. The van der Waals surface area contributed by atoms with Gasteiger partial charge < -0.3 is 5.32 Å². The molecule has 0 saturated carbocycles. The second-order valence-electron chi connectivity index (χ2n) is 3.64. The van der Waals surface area contributed by atoms with Gasteiger partial charge in [0.25, 0.3) is 0 Å². The summed E-state index contributed by atoms with van der Waals surface area (Å²) in [5.41, 5.74) is 2.30. The lowest BCUT2D eigenvalue weighted by atomic mass is 9.96. The van der Waals surface area contributed by atoms with Gasteiger partial charge in [-0.1, -0.05) is 15.9 Å². The highest BCUT2D eigenvalue weighted by Gasteiger charge is 2.22. The molecule has 0 aliphatic carbocycles. The van der Waals surface area contributed by atoms with Crippen molar-refractivity contribution in [1.29, 1.82) is 0 Å². The van der Waals surface area contributed by atoms with Crippen molar-refractivity contribution in [3.63, 3.8) is 0 Å². The minimum atomic E-state index is -0.115. The predicted octanol–water partition coefficient (Wildman–Crippen LogP) is 2.98. The van der Waals surface area contributed by atoms with Crippen molar-refractivity contribution in [3.8, 4) is 0 Å². The molecule has 0 bridgehead atoms. The van der Waals surface area contributed by atoms with Gasteiger partial charge in [-0.15, -0.1) is 11.6 Å². The van der Waals surface area contributed by atoms with E-state index >= 15 is 0 Å². The molecule has 1 heterocycles. The molecule has 0 spiro atoms. The van der Waals surface area contributed by atoms with E-state index in [0.717, 1.165) is 23.0 Å². The van der Waals surface area contributed by atoms with Gasteiger partial charge >= 0.3 is 0 Å². The smallest absolute Gasteiger partial charge is 0.169 e. The lowest BCUT2D eigenvalue weighted by molar-refractivity contribution is -0.117. The molecule has 1 atom stereocenters. The molecule has 2 nitrogen and oxygen atoms in total. The molecule has 1 aliphatic heterocycles. The Hall–Kier alpha value is -0.540. The maximum absolute atomic E-state index is 11.4. The summed E-state index contributed by atoms with van der Waals surface area (Å²) in [7, 11) is 0. The summed E-state index contributed by atoms with van der Waals surface area (Å²) in [4.78, 5) is 11.4. The molecule has 15 heavy (non-hydrogen) atoms. The Morgan fingerprint density at radius 1 is 1.60 bits per heavy atom. The van der Waals surface area contributed by atoms with Gasteiger partial charge in [0, 0.05) is 10.2 Å². The summed E-state index contributed by atoms with van der Waals surface area (Å²) in [6.45, 7) is 0. The number of halogens is 2. The van der Waals surface area contributed by atoms with Crippen molar-refractivity contribution in [1.82, 2.24) is 0 Å². The molecule has 0 fully saturated rings. The molecule has 1 aliphatic rings. The highest BCUT2D eigenvalue weighted by Crippen LogP contribution is 2.27. The van der Waals surface area contributed by atoms with E-state index in [1.165, 1.54) is 5.56 Å². The summed E-state index contributed by atoms with van der Waals surface area (Å²) in [6, 6.07) is 5.94. The van der Waals surface area contributed by atoms with Gasteiger partial charge in [0.1, 0.15) is 0 Å². The number of carbonyl (C=O) groups excluding carboxylic acids is 1. The molecule has 80 valence electrons. The van der Waals surface area contributed by atoms with Gasteiger partial charge in [-0.05, 0) is 36.6 Å². The molecule has 0 radical (unpaired) electrons. The van der Waals surface area contributed by atoms with E-state index in [0.29, 0.717) is 0 Å². The van der Waals surface area contributed by atoms with Crippen molar-refractivity contribution in [2.75, 3.05) is 11.2 Å². The molecule has 2 rings (SSSR count). The number of benzene rings is 1. The minimum absolute atomic E-state index is 0.0743. The van der Waals surface area contributed by atoms with Gasteiger partial charge in [-0.25, -0.2) is 0 Å². The van der Waals surface area contributed by atoms with Gasteiger partial charge in [0.05, 0.1) is 11.9 Å². The number of hydrogen-bond acceptors (Lipinski definition) is 2. The van der Waals surface area contributed by atoms with E-state index in [9.17, 15) is 4.79 Å². The van der Waals surface area contributed by atoms with Crippen molar-refractivity contribution in [3.05, 3.63) is 28.2 Å². The lowest BCUT2D eigenvalue weighted by Crippen LogP contribution is -2.34. The van der Waals surface area contributed by atoms with E-state index in [-0.39, 0.29) is 17.7 Å². The summed E-state index contributed by atoms with van der Waals surface area (Å²) in [6.07, 6.45) is 1.75. The van der Waals surface area contributed by atoms with E-state index in [1.54, 1.807) is 0 Å². The third-order valence-electron chi connectivity index (χ3n) is 2.62. The Morgan fingerprint density at radius 2 is 2.40 bits per heavy atom. The van der Waals surface area contributed by atoms with Crippen LogP contribution in [0.5, 0.6) is 0 Å². The first-order valence-electron chi connectivity index (χ1n) is 4.84. The molecular weight excluding hydrogens is 277 g/mol. The maximum atomic E-state index is 11.4. The van der Waals surface area contributed by atoms with Crippen LogP contribution in [0.1, 0.15) is 12.0 Å². The average molecular weight is 289 g/mol. The zero-order valence-corrected chi connectivity index (χ0v) is 10.4. The quantitative estimate of drug-likeness (QED) is 0.848. The number of fused-ring (bicyclic) bond motifs is 1. The monoisotopic (exact) mass is 287 g/mol. The number of hydrogen-bond donors (Lipinski definition) is 1. The number of alkyl halides is 1. The van der Waals surface area contributed by atoms with Crippen molar-refractivity contribution in [2.24, 2.45) is 0 Å². The average Bonchev–Trinajstić information content (AvgIpc) is 2.27. The van der Waals surface area contributed by atoms with Crippen LogP contribution < -0.4 is 5.32 Å². The molecule has 0 saturated heterocycles. The SMILES string of the molecule is O=C(CCl)C1CCc2cc(Br)ccc2N1. The Labute approximate surface area is 102 Å². The first kappa shape index (κ1) is 11.0. The lowest BCUT2D eigenvalue weighted by Gasteiger charge is -2.25. The van der Waals surface area contributed by atoms with Gasteiger partial charge in [-0.3, -0.25) is 4.79 Å². The summed E-state index contributed by atoms with van der Waals surface area (Å²) in [5, 5.41) is 3.22. The number of Topliss-reactive ketones (excluding diaryl/α,β-unsaturated/α-hetero) is 1. The van der Waals surface area contributed by atoms with Crippen molar-refractivity contribution in [2.45, 2.75) is 18.9 Å². The molecular formula is C11H11BrClNO. The van der Waals surface area contributed by atoms with E-state index in [4.69, 9.17) is 11.6 Å². The highest BCUT2D eigenvalue weighted by molar-refractivity contribution is 9.10. The minimum Gasteiger partial charge on any atom is -0.375 e. The number of rotatable bonds is 2. The summed E-state index contributed by atoms with van der Waals surface area (Å²) >= 11 is 8.97. The summed E-state index contributed by atoms with van der Waals surface area (Å²) in [5.74, 6) is 0.161. The number of aryl methyl sites for hydroxylation is 1. The second kappa shape index (κ2) is 4.54. The first-order chi connectivity index (χ1) is 7.20. The topological polar surface area (TPSA) is 29.1 Å². The predicted molar refractivity (Wildman–Crippen MR) is 65.6 cm³/mol. The second-order valence-corrected chi connectivity index (χ2v) is 4.82. The number of nitrogens with one attached hydrogen (secondary N) is 1. The van der Waals surface area contributed by atoms with Crippen LogP contribution in [0.15, 0.2) is 22.7 Å². The van der Waals surface area contributed by atoms with E-state index in [2.05, 4.69) is 27.3 Å². The van der Waals surface area contributed by atoms with Crippen molar-refractivity contribution >= 4 is 39.0 Å². The fourth-order valence-electron chi connectivity index (χ4n) is 1.80. The van der Waals surface area contributed by atoms with Crippen LogP contribution in [0.3, 0.4) is 0 Å². The van der Waals surface area contributed by atoms with Crippen LogP contribution in [0.4, 0.5) is 5.69 Å². The third kappa shape index (κ3) is 2.34. The fraction of sp³-hybridized carbons (Fsp3) is 0.364. The van der Waals surface area contributed by atoms with E-state index in [1.807, 2.05) is 12.1 Å². The Kier molecular flexibility index (Phi) is 3.32. The summed E-state index contributed by atoms with van der Waals surface area (Å²) < 4.78 is 1.07. The van der Waals surface area contributed by atoms with Crippen LogP contribution in [-0.2, 0) is 11.2 Å². The standard InChI is InChI=1S/C11H11BrClNO/c12-8-2-4-9-7(5-8)1-3-10(14-9)11(15)6-13/h2,4-5,10,14H,1,3,6H2. The Bertz CT molecular complexity index is 394. The van der Waals surface area contributed by atoms with Gasteiger partial charge in [-0.2, -0.15) is 0 Å². The van der Waals surface area contributed by atoms with Gasteiger partial charge in [0.2, 0.25) is 0 Å². The zero-order chi connectivity index (χ0) is 10.8.